The van der Waals surface area contributed by atoms with Crippen molar-refractivity contribution < 1.29 is 19.4 Å². The van der Waals surface area contributed by atoms with Gasteiger partial charge in [-0.25, -0.2) is 0 Å². The molecule has 30 heavy (non-hydrogen) atoms. The van der Waals surface area contributed by atoms with E-state index in [4.69, 9.17) is 15.2 Å². The molecule has 2 rings (SSSR count). The van der Waals surface area contributed by atoms with Crippen molar-refractivity contribution in [3.63, 3.8) is 0 Å². The number of phenols is 1. The Kier molecular flexibility index (Phi) is 8.50. The Morgan fingerprint density at radius 3 is 2.57 bits per heavy atom. The van der Waals surface area contributed by atoms with Crippen molar-refractivity contribution in [3.05, 3.63) is 58.7 Å². The van der Waals surface area contributed by atoms with Gasteiger partial charge in [0.15, 0.2) is 0 Å². The minimum atomic E-state index is -0.288. The van der Waals surface area contributed by atoms with Crippen LogP contribution in [0.3, 0.4) is 0 Å². The van der Waals surface area contributed by atoms with E-state index in [0.29, 0.717) is 30.2 Å². The lowest BCUT2D eigenvalue weighted by molar-refractivity contribution is -0.114. The molecule has 4 N–H and O–H groups in total. The molecule has 0 bridgehead atoms. The van der Waals surface area contributed by atoms with Crippen LogP contribution in [-0.4, -0.2) is 31.3 Å². The summed E-state index contributed by atoms with van der Waals surface area (Å²) in [6.45, 7) is 6.43. The highest BCUT2D eigenvalue weighted by Crippen LogP contribution is 2.32. The zero-order valence-corrected chi connectivity index (χ0v) is 18.0. The van der Waals surface area contributed by atoms with E-state index in [9.17, 15) is 9.90 Å². The number of anilines is 1. The van der Waals surface area contributed by atoms with E-state index in [1.54, 1.807) is 25.3 Å². The molecular weight excluding hydrogens is 380 g/mol. The summed E-state index contributed by atoms with van der Waals surface area (Å²) in [5.74, 6) is 1.07. The summed E-state index contributed by atoms with van der Waals surface area (Å²) in [4.78, 5) is 11.6. The topological polar surface area (TPSA) is 93.8 Å². The highest BCUT2D eigenvalue weighted by Gasteiger charge is 2.11. The molecule has 0 heterocycles. The van der Waals surface area contributed by atoms with Gasteiger partial charge in [0.25, 0.3) is 0 Å². The molecule has 0 aromatic heterocycles. The molecular formula is C24H30N2O4. The molecule has 1 amide bonds. The molecule has 0 atom stereocenters. The predicted octanol–water partition coefficient (Wildman–Crippen LogP) is 4.38. The molecule has 0 fully saturated rings. The average Bonchev–Trinajstić information content (AvgIpc) is 2.72. The van der Waals surface area contributed by atoms with E-state index >= 15 is 0 Å². The molecule has 6 nitrogen and oxygen atoms in total. The summed E-state index contributed by atoms with van der Waals surface area (Å²) >= 11 is 0. The van der Waals surface area contributed by atoms with Crippen LogP contribution in [0.15, 0.2) is 42.0 Å². The largest absolute Gasteiger partial charge is 0.508 e. The number of amides is 1. The van der Waals surface area contributed by atoms with Crippen LogP contribution in [0.25, 0.3) is 12.2 Å². The monoisotopic (exact) mass is 410 g/mol. The Morgan fingerprint density at radius 2 is 1.93 bits per heavy atom. The summed E-state index contributed by atoms with van der Waals surface area (Å²) in [5.41, 5.74) is 9.88. The molecule has 0 unspecified atom stereocenters. The highest BCUT2D eigenvalue weighted by molar-refractivity contribution is 5.93. The van der Waals surface area contributed by atoms with E-state index in [0.717, 1.165) is 16.7 Å². The number of methoxy groups -OCH3 is 1. The quantitative estimate of drug-likeness (QED) is 0.421. The van der Waals surface area contributed by atoms with Crippen molar-refractivity contribution in [1.29, 1.82) is 0 Å². The lowest BCUT2D eigenvalue weighted by Gasteiger charge is -2.13. The van der Waals surface area contributed by atoms with Crippen molar-refractivity contribution in [2.45, 2.75) is 27.2 Å². The fourth-order valence-electron chi connectivity index (χ4n) is 2.91. The number of benzene rings is 2. The molecule has 0 aliphatic rings. The van der Waals surface area contributed by atoms with E-state index < -0.39 is 0 Å². The van der Waals surface area contributed by atoms with Gasteiger partial charge in [-0.2, -0.15) is 0 Å². The van der Waals surface area contributed by atoms with Crippen LogP contribution in [0, 0.1) is 0 Å². The van der Waals surface area contributed by atoms with Gasteiger partial charge in [-0.3, -0.25) is 4.79 Å². The Hall–Kier alpha value is -3.25. The summed E-state index contributed by atoms with van der Waals surface area (Å²) in [6.07, 6.45) is 6.69. The number of phenolic OH excluding ortho intramolecular Hbond substituents is 1. The Labute approximate surface area is 178 Å². The van der Waals surface area contributed by atoms with Crippen LogP contribution in [0.1, 0.15) is 37.5 Å². The number of ether oxygens (including phenoxy) is 2. The van der Waals surface area contributed by atoms with Crippen molar-refractivity contribution in [2.24, 2.45) is 5.73 Å². The van der Waals surface area contributed by atoms with Gasteiger partial charge in [-0.15, -0.1) is 0 Å². The lowest BCUT2D eigenvalue weighted by Crippen LogP contribution is -2.22. The van der Waals surface area contributed by atoms with Gasteiger partial charge >= 0.3 is 0 Å². The molecule has 6 heteroatoms. The Bertz CT molecular complexity index is 944. The first-order chi connectivity index (χ1) is 14.4. The van der Waals surface area contributed by atoms with Crippen molar-refractivity contribution in [3.8, 4) is 17.2 Å². The molecule has 0 saturated carbocycles. The maximum atomic E-state index is 11.6. The van der Waals surface area contributed by atoms with E-state index in [1.807, 2.05) is 45.1 Å². The van der Waals surface area contributed by atoms with E-state index in [1.165, 1.54) is 5.57 Å². The van der Waals surface area contributed by atoms with Gasteiger partial charge in [0.05, 0.1) is 25.9 Å². The first-order valence-electron chi connectivity index (χ1n) is 9.86. The molecule has 0 aliphatic heterocycles. The van der Waals surface area contributed by atoms with Crippen LogP contribution in [0.5, 0.6) is 17.2 Å². The SMILES string of the molecule is CCOc1cc(O)cc(C=Cc2ccc(NC(=O)CN)c(OC)c2)c1CC=C(C)C. The number of nitrogens with one attached hydrogen (secondary N) is 1. The standard InChI is InChI=1S/C24H30N2O4/c1-5-30-22-14-19(27)13-18(20(22)10-6-16(2)3)9-7-17-8-11-21(23(12-17)29-4)26-24(28)15-25/h6-9,11-14,27H,5,10,15,25H2,1-4H3,(H,26,28). The Balaban J connectivity index is 2.40. The van der Waals surface area contributed by atoms with Crippen molar-refractivity contribution in [2.75, 3.05) is 25.6 Å². The zero-order chi connectivity index (χ0) is 22.1. The smallest absolute Gasteiger partial charge is 0.238 e. The van der Waals surface area contributed by atoms with Crippen LogP contribution >= 0.6 is 0 Å². The minimum absolute atomic E-state index is 0.0983. The summed E-state index contributed by atoms with van der Waals surface area (Å²) in [6, 6.07) is 8.83. The number of allylic oxidation sites excluding steroid dienone is 2. The first-order valence-corrected chi connectivity index (χ1v) is 9.86. The number of nitrogens with two attached hydrogens (primary N) is 1. The second-order valence-corrected chi connectivity index (χ2v) is 6.98. The molecule has 2 aromatic rings. The molecule has 160 valence electrons. The molecule has 2 aromatic carbocycles. The lowest BCUT2D eigenvalue weighted by atomic mass is 10.00. The van der Waals surface area contributed by atoms with Crippen molar-refractivity contribution in [1.82, 2.24) is 0 Å². The number of hydrogen-bond acceptors (Lipinski definition) is 5. The summed E-state index contributed by atoms with van der Waals surface area (Å²) < 4.78 is 11.1. The number of aromatic hydroxyl groups is 1. The third-order valence-corrected chi connectivity index (χ3v) is 4.38. The van der Waals surface area contributed by atoms with Crippen LogP contribution in [0.2, 0.25) is 0 Å². The van der Waals surface area contributed by atoms with E-state index in [2.05, 4.69) is 11.4 Å². The van der Waals surface area contributed by atoms with Gasteiger partial charge < -0.3 is 25.6 Å². The Morgan fingerprint density at radius 1 is 1.17 bits per heavy atom. The van der Waals surface area contributed by atoms with Gasteiger partial charge in [-0.05, 0) is 56.5 Å². The van der Waals surface area contributed by atoms with Crippen molar-refractivity contribution >= 4 is 23.7 Å². The third kappa shape index (κ3) is 6.39. The molecule has 0 spiro atoms. The fraction of sp³-hybridized carbons (Fsp3) is 0.292. The van der Waals surface area contributed by atoms with Gasteiger partial charge in [0, 0.05) is 11.6 Å². The number of carbonyl (C=O) groups excluding carboxylic acids is 1. The second kappa shape index (κ2) is 11.1. The first kappa shape index (κ1) is 23.0. The third-order valence-electron chi connectivity index (χ3n) is 4.38. The summed E-state index contributed by atoms with van der Waals surface area (Å²) in [5, 5.41) is 12.9. The maximum absolute atomic E-state index is 11.6. The summed E-state index contributed by atoms with van der Waals surface area (Å²) in [7, 11) is 1.54. The van der Waals surface area contributed by atoms with Gasteiger partial charge in [0.1, 0.15) is 17.2 Å². The number of carbonyl (C=O) groups is 1. The average molecular weight is 411 g/mol. The van der Waals surface area contributed by atoms with E-state index in [-0.39, 0.29) is 18.2 Å². The fourth-order valence-corrected chi connectivity index (χ4v) is 2.91. The molecule has 0 saturated heterocycles. The van der Waals surface area contributed by atoms with Crippen LogP contribution < -0.4 is 20.5 Å². The minimum Gasteiger partial charge on any atom is -0.508 e. The zero-order valence-electron chi connectivity index (χ0n) is 18.0. The second-order valence-electron chi connectivity index (χ2n) is 6.98. The van der Waals surface area contributed by atoms with Crippen LogP contribution in [-0.2, 0) is 11.2 Å². The molecule has 0 aliphatic carbocycles. The maximum Gasteiger partial charge on any atom is 0.238 e. The number of rotatable bonds is 9. The normalized spacial score (nSPS) is 10.7. The highest BCUT2D eigenvalue weighted by atomic mass is 16.5. The number of hydrogen-bond donors (Lipinski definition) is 3. The van der Waals surface area contributed by atoms with Gasteiger partial charge in [-0.1, -0.05) is 29.9 Å². The van der Waals surface area contributed by atoms with Gasteiger partial charge in [0.2, 0.25) is 5.91 Å². The van der Waals surface area contributed by atoms with Crippen LogP contribution in [0.4, 0.5) is 5.69 Å². The molecule has 0 radical (unpaired) electrons. The predicted molar refractivity (Wildman–Crippen MR) is 122 cm³/mol.